The Kier molecular flexibility index (Phi) is 13.6. The lowest BCUT2D eigenvalue weighted by Gasteiger charge is -2.24. The van der Waals surface area contributed by atoms with E-state index >= 15 is 0 Å². The average molecular weight is 761 g/mol. The van der Waals surface area contributed by atoms with Crippen LogP contribution in [0.1, 0.15) is 58.4 Å². The number of benzene rings is 3. The second-order valence-corrected chi connectivity index (χ2v) is 13.7. The largest absolute Gasteiger partial charge is 0.493 e. The van der Waals surface area contributed by atoms with Gasteiger partial charge >= 0.3 is 11.9 Å². The third-order valence-corrected chi connectivity index (χ3v) is 10.1. The average Bonchev–Trinajstić information content (AvgIpc) is 3.46. The summed E-state index contributed by atoms with van der Waals surface area (Å²) in [6, 6.07) is 12.5. The summed E-state index contributed by atoms with van der Waals surface area (Å²) in [6.07, 6.45) is 5.05. The zero-order valence-electron chi connectivity index (χ0n) is 32.5. The maximum atomic E-state index is 13.8. The number of carbonyl (C=O) groups excluding carboxylic acids is 2. The normalized spacial score (nSPS) is 19.8. The first-order chi connectivity index (χ1) is 26.8. The Hall–Kier alpha value is -5.21. The number of hydrogen-bond donors (Lipinski definition) is 0. The fourth-order valence-electron chi connectivity index (χ4n) is 7.19. The highest BCUT2D eigenvalue weighted by Gasteiger charge is 2.23. The minimum atomic E-state index is -0.444. The molecule has 4 bridgehead atoms. The topological polar surface area (TPSA) is 132 Å². The second kappa shape index (κ2) is 18.9. The molecule has 3 heterocycles. The summed E-state index contributed by atoms with van der Waals surface area (Å²) in [6.45, 7) is 6.48. The lowest BCUT2D eigenvalue weighted by atomic mass is 10.1. The van der Waals surface area contributed by atoms with Crippen LogP contribution in [-0.4, -0.2) is 126 Å². The third-order valence-electron chi connectivity index (χ3n) is 10.1. The molecule has 55 heavy (non-hydrogen) atoms. The van der Waals surface area contributed by atoms with Gasteiger partial charge in [-0.05, 0) is 87.2 Å². The van der Waals surface area contributed by atoms with Crippen LogP contribution in [0.25, 0.3) is 10.9 Å². The molecule has 1 aromatic heterocycles. The van der Waals surface area contributed by atoms with Gasteiger partial charge in [0.2, 0.25) is 11.5 Å². The molecule has 2 aliphatic rings. The fraction of sp³-hybridized carbons (Fsp3) is 0.488. The van der Waals surface area contributed by atoms with Crippen LogP contribution < -0.4 is 28.4 Å². The molecule has 2 aliphatic heterocycles. The Balaban J connectivity index is 1.20. The Morgan fingerprint density at radius 2 is 1.40 bits per heavy atom. The molecule has 3 unspecified atom stereocenters. The lowest BCUT2D eigenvalue weighted by molar-refractivity contribution is 0.0221. The molecule has 0 aliphatic carbocycles. The molecule has 1 fully saturated rings. The first kappa shape index (κ1) is 39.5. The quantitative estimate of drug-likeness (QED) is 0.200. The zero-order chi connectivity index (χ0) is 38.7. The summed E-state index contributed by atoms with van der Waals surface area (Å²) in [7, 11) is 7.77. The molecular formula is C41H52N4O10. The SMILES string of the molecule is COc1cc(Cn2ncc3ccc(C(=O)OC4CCCOc5cc(cc(OC)c5OC)C(=O)OCCCN5CCCN(CC4)CC5)cc32)cc(OC)c1OC. The minimum Gasteiger partial charge on any atom is -0.493 e. The number of aromatic nitrogens is 2. The summed E-state index contributed by atoms with van der Waals surface area (Å²) >= 11 is 0. The Morgan fingerprint density at radius 3 is 2.11 bits per heavy atom. The highest BCUT2D eigenvalue weighted by Crippen LogP contribution is 2.40. The van der Waals surface area contributed by atoms with E-state index in [9.17, 15) is 9.59 Å². The number of ether oxygens (including phenoxy) is 8. The first-order valence-corrected chi connectivity index (χ1v) is 18.8. The van der Waals surface area contributed by atoms with Crippen molar-refractivity contribution in [1.82, 2.24) is 19.6 Å². The van der Waals surface area contributed by atoms with Gasteiger partial charge in [0.05, 0.1) is 78.1 Å². The summed E-state index contributed by atoms with van der Waals surface area (Å²) in [5.41, 5.74) is 2.45. The highest BCUT2D eigenvalue weighted by atomic mass is 16.6. The van der Waals surface area contributed by atoms with Crippen LogP contribution in [0.3, 0.4) is 0 Å². The van der Waals surface area contributed by atoms with Crippen molar-refractivity contribution in [2.75, 3.05) is 88.0 Å². The second-order valence-electron chi connectivity index (χ2n) is 13.7. The van der Waals surface area contributed by atoms with E-state index in [1.54, 1.807) is 45.7 Å². The number of fused-ring (bicyclic) bond motifs is 6. The van der Waals surface area contributed by atoms with Crippen molar-refractivity contribution >= 4 is 22.8 Å². The van der Waals surface area contributed by atoms with E-state index in [0.717, 1.165) is 68.6 Å². The molecule has 6 rings (SSSR count). The van der Waals surface area contributed by atoms with Crippen molar-refractivity contribution in [3.63, 3.8) is 0 Å². The number of nitrogens with zero attached hydrogens (tertiary/aromatic N) is 4. The van der Waals surface area contributed by atoms with Gasteiger partial charge in [-0.1, -0.05) is 6.07 Å². The van der Waals surface area contributed by atoms with Gasteiger partial charge in [-0.2, -0.15) is 5.10 Å². The van der Waals surface area contributed by atoms with Gasteiger partial charge < -0.3 is 47.7 Å². The van der Waals surface area contributed by atoms with Crippen LogP contribution in [-0.2, 0) is 16.0 Å². The Morgan fingerprint density at radius 1 is 0.727 bits per heavy atom. The number of cyclic esters (lactones) is 1. The Bertz CT molecular complexity index is 1910. The molecule has 0 saturated carbocycles. The summed E-state index contributed by atoms with van der Waals surface area (Å²) in [5.74, 6) is 1.91. The summed E-state index contributed by atoms with van der Waals surface area (Å²) < 4.78 is 47.6. The van der Waals surface area contributed by atoms with Gasteiger partial charge in [-0.3, -0.25) is 4.68 Å². The fourth-order valence-corrected chi connectivity index (χ4v) is 7.19. The van der Waals surface area contributed by atoms with E-state index in [-0.39, 0.29) is 6.10 Å². The molecule has 4 aromatic rings. The highest BCUT2D eigenvalue weighted by molar-refractivity contribution is 5.94. The van der Waals surface area contributed by atoms with Gasteiger partial charge in [0.15, 0.2) is 23.0 Å². The molecule has 14 nitrogen and oxygen atoms in total. The number of rotatable bonds is 9. The lowest BCUT2D eigenvalue weighted by Crippen LogP contribution is -2.34. The standard InChI is InChI=1S/C41H52N4O10/c1-48-34-21-28(22-35(49-2)38(34)51-4)27-45-33-23-29(10-11-30(33)26-42-45)41(47)55-32-9-6-19-53-37-25-31(24-36(50-3)39(37)52-5)40(46)54-20-8-15-43-13-7-14-44(16-12-32)18-17-43/h10-11,21-26,32H,6-9,12-20,27H2,1-5H3. The van der Waals surface area contributed by atoms with Gasteiger partial charge in [-0.15, -0.1) is 0 Å². The molecule has 0 radical (unpaired) electrons. The van der Waals surface area contributed by atoms with E-state index < -0.39 is 11.9 Å². The maximum absolute atomic E-state index is 13.8. The molecule has 0 N–H and O–H groups in total. The predicted octanol–water partition coefficient (Wildman–Crippen LogP) is 5.47. The van der Waals surface area contributed by atoms with E-state index in [1.165, 1.54) is 14.2 Å². The monoisotopic (exact) mass is 760 g/mol. The molecule has 296 valence electrons. The van der Waals surface area contributed by atoms with E-state index in [1.807, 2.05) is 28.9 Å². The zero-order valence-corrected chi connectivity index (χ0v) is 32.5. The van der Waals surface area contributed by atoms with Crippen LogP contribution in [0.4, 0.5) is 0 Å². The van der Waals surface area contributed by atoms with Crippen molar-refractivity contribution in [3.05, 3.63) is 65.4 Å². The Labute approximate surface area is 322 Å². The van der Waals surface area contributed by atoms with Gasteiger partial charge in [-0.25, -0.2) is 9.59 Å². The van der Waals surface area contributed by atoms with Crippen molar-refractivity contribution in [2.24, 2.45) is 0 Å². The molecule has 0 spiro atoms. The van der Waals surface area contributed by atoms with Crippen molar-refractivity contribution in [3.8, 4) is 34.5 Å². The smallest absolute Gasteiger partial charge is 0.338 e. The number of carbonyl (C=O) groups is 2. The van der Waals surface area contributed by atoms with Gasteiger partial charge in [0, 0.05) is 31.6 Å². The third kappa shape index (κ3) is 9.73. The number of hydrogen-bond acceptors (Lipinski definition) is 13. The van der Waals surface area contributed by atoms with Crippen molar-refractivity contribution in [2.45, 2.75) is 44.8 Å². The number of methoxy groups -OCH3 is 5. The first-order valence-electron chi connectivity index (χ1n) is 18.8. The molecule has 3 aromatic carbocycles. The predicted molar refractivity (Wildman–Crippen MR) is 205 cm³/mol. The van der Waals surface area contributed by atoms with E-state index in [4.69, 9.17) is 37.9 Å². The van der Waals surface area contributed by atoms with E-state index in [2.05, 4.69) is 14.9 Å². The minimum absolute atomic E-state index is 0.302. The van der Waals surface area contributed by atoms with Crippen LogP contribution >= 0.6 is 0 Å². The van der Waals surface area contributed by atoms with Crippen LogP contribution in [0, 0.1) is 0 Å². The van der Waals surface area contributed by atoms with Crippen LogP contribution in [0.5, 0.6) is 34.5 Å². The van der Waals surface area contributed by atoms with E-state index in [0.29, 0.717) is 84.6 Å². The molecule has 3 atom stereocenters. The van der Waals surface area contributed by atoms with Gasteiger partial charge in [0.1, 0.15) is 6.10 Å². The van der Waals surface area contributed by atoms with Gasteiger partial charge in [0.25, 0.3) is 0 Å². The molecule has 0 amide bonds. The van der Waals surface area contributed by atoms with Crippen LogP contribution in [0.2, 0.25) is 0 Å². The number of esters is 2. The molecule has 1 saturated heterocycles. The summed E-state index contributed by atoms with van der Waals surface area (Å²) in [4.78, 5) is 31.7. The maximum Gasteiger partial charge on any atom is 0.338 e. The van der Waals surface area contributed by atoms with Crippen LogP contribution in [0.15, 0.2) is 48.7 Å². The molecular weight excluding hydrogens is 708 g/mol. The summed E-state index contributed by atoms with van der Waals surface area (Å²) in [5, 5.41) is 5.51. The van der Waals surface area contributed by atoms with Crippen molar-refractivity contribution < 1.29 is 47.5 Å². The van der Waals surface area contributed by atoms with Crippen molar-refractivity contribution in [1.29, 1.82) is 0 Å². The molecule has 14 heteroatoms.